The highest BCUT2D eigenvalue weighted by molar-refractivity contribution is 6.30. The first-order valence-electron chi connectivity index (χ1n) is 23.9. The summed E-state index contributed by atoms with van der Waals surface area (Å²) >= 11 is 0. The smallest absolute Gasteiger partial charge is 0.261 e. The lowest BCUT2D eigenvalue weighted by Crippen LogP contribution is -2.28. The average Bonchev–Trinajstić information content (AvgIpc) is 3.89. The van der Waals surface area contributed by atoms with Gasteiger partial charge < -0.3 is 20.0 Å². The van der Waals surface area contributed by atoms with Crippen LogP contribution in [-0.4, -0.2) is 23.3 Å². The Labute approximate surface area is 400 Å². The second-order valence-corrected chi connectivity index (χ2v) is 17.4. The highest BCUT2D eigenvalue weighted by Crippen LogP contribution is 2.44. The molecule has 0 saturated heterocycles. The van der Waals surface area contributed by atoms with Gasteiger partial charge in [0.15, 0.2) is 0 Å². The number of nitrogens with zero attached hydrogens (tertiary/aromatic N) is 3. The lowest BCUT2D eigenvalue weighted by Gasteiger charge is -2.25. The molecule has 68 heavy (non-hydrogen) atoms. The number of fused-ring (bicyclic) bond motifs is 1. The second kappa shape index (κ2) is 20.1. The summed E-state index contributed by atoms with van der Waals surface area (Å²) in [5.74, 6) is -0.370. The monoisotopic (exact) mass is 886 g/mol. The van der Waals surface area contributed by atoms with Gasteiger partial charge in [-0.25, -0.2) is 0 Å². The van der Waals surface area contributed by atoms with E-state index in [1.807, 2.05) is 41.3 Å². The summed E-state index contributed by atoms with van der Waals surface area (Å²) < 4.78 is 0. The molecule has 6 nitrogen and oxygen atoms in total. The third kappa shape index (κ3) is 9.01. The highest BCUT2D eigenvalue weighted by Gasteiger charge is 2.45. The van der Waals surface area contributed by atoms with Gasteiger partial charge in [-0.2, -0.15) is 0 Å². The molecule has 2 heterocycles. The van der Waals surface area contributed by atoms with E-state index in [-0.39, 0.29) is 11.8 Å². The maximum atomic E-state index is 14.7. The molecule has 0 bridgehead atoms. The predicted molar refractivity (Wildman–Crippen MR) is 280 cm³/mol. The Hall–Kier alpha value is -8.22. The zero-order valence-corrected chi connectivity index (χ0v) is 38.4. The number of carbonyl (C=O) groups excluding carboxylic acids is 2. The zero-order valence-electron chi connectivity index (χ0n) is 38.4. The van der Waals surface area contributed by atoms with Crippen molar-refractivity contribution in [2.24, 2.45) is 0 Å². The normalized spacial score (nSPS) is 13.2. The number of para-hydroxylation sites is 4. The van der Waals surface area contributed by atoms with Crippen molar-refractivity contribution in [1.29, 1.82) is 0 Å². The molecule has 0 fully saturated rings. The topological polar surface area (TPSA) is 55.9 Å². The molecular weight excluding hydrogens is 833 g/mol. The molecule has 1 N–H and O–H groups in total. The first-order valence-corrected chi connectivity index (χ1v) is 23.9. The van der Waals surface area contributed by atoms with Crippen LogP contribution < -0.4 is 15.1 Å². The van der Waals surface area contributed by atoms with E-state index in [1.165, 1.54) is 19.3 Å². The van der Waals surface area contributed by atoms with E-state index in [1.54, 1.807) is 0 Å². The van der Waals surface area contributed by atoms with Gasteiger partial charge in [0.25, 0.3) is 11.8 Å². The van der Waals surface area contributed by atoms with Gasteiger partial charge in [0.1, 0.15) is 0 Å². The van der Waals surface area contributed by atoms with Gasteiger partial charge in [-0.1, -0.05) is 185 Å². The number of anilines is 6. The van der Waals surface area contributed by atoms with Crippen molar-refractivity contribution in [3.05, 3.63) is 241 Å². The van der Waals surface area contributed by atoms with Crippen molar-refractivity contribution < 1.29 is 9.59 Å². The lowest BCUT2D eigenvalue weighted by molar-refractivity contribution is -0.123. The summed E-state index contributed by atoms with van der Waals surface area (Å²) in [5, 5.41) is 3.12. The van der Waals surface area contributed by atoms with Gasteiger partial charge in [0.2, 0.25) is 0 Å². The molecule has 10 rings (SSSR count). The molecule has 8 aromatic rings. The van der Waals surface area contributed by atoms with Crippen LogP contribution in [0.1, 0.15) is 56.6 Å². The van der Waals surface area contributed by atoms with Crippen LogP contribution >= 0.6 is 0 Å². The van der Waals surface area contributed by atoms with Gasteiger partial charge in [0, 0.05) is 40.7 Å². The molecule has 6 heteroatoms. The standard InChI is InChI=1S/C62H54N4O2/c1-2-3-4-5-6-19-44-64-60(50-34-30-46(31-35-50)48-38-42-56(43-39-48)66(53-24-15-9-16-25-53)54-26-17-10-18-27-54)58-57(62(64)68)59(63-61(58)67)49-32-28-45(29-33-49)47-36-40-55(41-37-47)65(51-20-11-7-12-21-51)52-22-13-8-14-23-52/h7-18,20-43H,2-6,19,44H2,1H3,(H,63,67). The fourth-order valence-electron chi connectivity index (χ4n) is 9.53. The molecule has 2 aliphatic rings. The Morgan fingerprint density at radius 1 is 0.368 bits per heavy atom. The van der Waals surface area contributed by atoms with Crippen molar-refractivity contribution in [3.8, 4) is 22.3 Å². The Kier molecular flexibility index (Phi) is 12.9. The molecule has 0 unspecified atom stereocenters. The molecule has 0 aliphatic carbocycles. The van der Waals surface area contributed by atoms with Crippen LogP contribution in [-0.2, 0) is 9.59 Å². The van der Waals surface area contributed by atoms with E-state index < -0.39 is 0 Å². The van der Waals surface area contributed by atoms with Crippen molar-refractivity contribution in [2.45, 2.75) is 45.4 Å². The van der Waals surface area contributed by atoms with Gasteiger partial charge in [0.05, 0.1) is 22.5 Å². The van der Waals surface area contributed by atoms with Gasteiger partial charge in [-0.15, -0.1) is 0 Å². The molecule has 8 aromatic carbocycles. The average molecular weight is 887 g/mol. The Morgan fingerprint density at radius 3 is 1.12 bits per heavy atom. The molecule has 0 atom stereocenters. The highest BCUT2D eigenvalue weighted by atomic mass is 16.2. The fourth-order valence-corrected chi connectivity index (χ4v) is 9.53. The molecule has 2 amide bonds. The van der Waals surface area contributed by atoms with Crippen molar-refractivity contribution in [1.82, 2.24) is 10.2 Å². The third-order valence-electron chi connectivity index (χ3n) is 13.0. The molecule has 0 spiro atoms. The van der Waals surface area contributed by atoms with E-state index >= 15 is 0 Å². The van der Waals surface area contributed by atoms with Crippen LogP contribution in [0.5, 0.6) is 0 Å². The molecular formula is C62H54N4O2. The first kappa shape index (κ1) is 43.7. The quantitative estimate of drug-likeness (QED) is 0.0926. The molecule has 0 aromatic heterocycles. The van der Waals surface area contributed by atoms with Crippen LogP contribution in [0.3, 0.4) is 0 Å². The second-order valence-electron chi connectivity index (χ2n) is 17.4. The Morgan fingerprint density at radius 2 is 0.706 bits per heavy atom. The minimum Gasteiger partial charge on any atom is -0.321 e. The largest absolute Gasteiger partial charge is 0.321 e. The number of unbranched alkanes of at least 4 members (excludes halogenated alkanes) is 5. The zero-order chi connectivity index (χ0) is 46.2. The number of amides is 2. The van der Waals surface area contributed by atoms with E-state index in [9.17, 15) is 9.59 Å². The first-order chi connectivity index (χ1) is 33.6. The van der Waals surface area contributed by atoms with Crippen molar-refractivity contribution in [3.63, 3.8) is 0 Å². The van der Waals surface area contributed by atoms with E-state index in [0.29, 0.717) is 29.1 Å². The summed E-state index contributed by atoms with van der Waals surface area (Å²) in [6.45, 7) is 2.77. The molecule has 334 valence electrons. The van der Waals surface area contributed by atoms with Crippen LogP contribution in [0, 0.1) is 0 Å². The molecule has 0 radical (unpaired) electrons. The van der Waals surface area contributed by atoms with Gasteiger partial charge in [-0.3, -0.25) is 9.59 Å². The predicted octanol–water partition coefficient (Wildman–Crippen LogP) is 15.4. The number of rotatable bonds is 17. The minimum atomic E-state index is -0.245. The lowest BCUT2D eigenvalue weighted by atomic mass is 9.98. The third-order valence-corrected chi connectivity index (χ3v) is 13.0. The molecule has 0 saturated carbocycles. The van der Waals surface area contributed by atoms with Crippen LogP contribution in [0.15, 0.2) is 230 Å². The van der Waals surface area contributed by atoms with E-state index in [2.05, 4.69) is 204 Å². The van der Waals surface area contributed by atoms with E-state index in [4.69, 9.17) is 0 Å². The van der Waals surface area contributed by atoms with Crippen LogP contribution in [0.25, 0.3) is 33.6 Å². The number of nitrogens with one attached hydrogen (secondary N) is 1. The minimum absolute atomic E-state index is 0.126. The Balaban J connectivity index is 0.930. The SMILES string of the molecule is CCCCCCCCN1C(=O)C2=C(c3ccc(-c4ccc(N(c5ccccc5)c5ccccc5)cc4)cc3)NC(=O)C2=C1c1ccc(-c2ccc(N(c3ccccc3)c3ccccc3)cc2)cc1. The van der Waals surface area contributed by atoms with Crippen LogP contribution in [0.4, 0.5) is 34.1 Å². The van der Waals surface area contributed by atoms with Crippen LogP contribution in [0.2, 0.25) is 0 Å². The number of hydrogen-bond acceptors (Lipinski definition) is 4. The molecule has 2 aliphatic heterocycles. The van der Waals surface area contributed by atoms with Crippen molar-refractivity contribution in [2.75, 3.05) is 16.3 Å². The number of benzene rings is 8. The summed E-state index contributed by atoms with van der Waals surface area (Å²) in [7, 11) is 0. The van der Waals surface area contributed by atoms with Gasteiger partial charge in [-0.05, 0) is 113 Å². The summed E-state index contributed by atoms with van der Waals surface area (Å²) in [5.41, 5.74) is 14.5. The van der Waals surface area contributed by atoms with Gasteiger partial charge >= 0.3 is 0 Å². The number of carbonyl (C=O) groups is 2. The summed E-state index contributed by atoms with van der Waals surface area (Å²) in [6.07, 6.45) is 6.62. The maximum absolute atomic E-state index is 14.7. The van der Waals surface area contributed by atoms with Crippen molar-refractivity contribution >= 4 is 57.3 Å². The Bertz CT molecular complexity index is 2980. The summed E-state index contributed by atoms with van der Waals surface area (Å²) in [4.78, 5) is 35.1. The number of hydrogen-bond donors (Lipinski definition) is 1. The fraction of sp³-hybridized carbons (Fsp3) is 0.129. The summed E-state index contributed by atoms with van der Waals surface area (Å²) in [6, 6.07) is 75.2. The maximum Gasteiger partial charge on any atom is 0.261 e. The van der Waals surface area contributed by atoms with E-state index in [0.717, 1.165) is 86.8 Å².